The standard InChI is InChI=1S/C11H8BrClN4O2/c12-9-10(13)15-6-16-11(9)14-5-7-3-1-2-4-8(7)17(18)19/h1-4,6H,5H2,(H,14,15,16). The smallest absolute Gasteiger partial charge is 0.274 e. The monoisotopic (exact) mass is 342 g/mol. The molecular formula is C11H8BrClN4O2. The number of nitrogens with one attached hydrogen (secondary N) is 1. The lowest BCUT2D eigenvalue weighted by molar-refractivity contribution is -0.385. The Hall–Kier alpha value is -1.73. The Labute approximate surface area is 122 Å². The van der Waals surface area contributed by atoms with Gasteiger partial charge in [0.05, 0.1) is 9.40 Å². The molecule has 19 heavy (non-hydrogen) atoms. The number of halogens is 2. The number of rotatable bonds is 4. The molecule has 0 fully saturated rings. The molecule has 0 aliphatic carbocycles. The normalized spacial score (nSPS) is 10.2. The number of hydrogen-bond acceptors (Lipinski definition) is 5. The maximum atomic E-state index is 10.9. The molecule has 0 saturated carbocycles. The number of para-hydroxylation sites is 1. The van der Waals surface area contributed by atoms with E-state index in [9.17, 15) is 10.1 Å². The molecule has 0 saturated heterocycles. The van der Waals surface area contributed by atoms with E-state index < -0.39 is 4.92 Å². The largest absolute Gasteiger partial charge is 0.365 e. The summed E-state index contributed by atoms with van der Waals surface area (Å²) in [4.78, 5) is 18.3. The number of anilines is 1. The van der Waals surface area contributed by atoms with E-state index in [1.807, 2.05) is 0 Å². The Kier molecular flexibility index (Phi) is 4.28. The third-order valence-electron chi connectivity index (χ3n) is 2.38. The fourth-order valence-electron chi connectivity index (χ4n) is 1.49. The van der Waals surface area contributed by atoms with E-state index in [2.05, 4.69) is 31.2 Å². The number of aromatic nitrogens is 2. The number of hydrogen-bond donors (Lipinski definition) is 1. The van der Waals surface area contributed by atoms with Crippen molar-refractivity contribution < 1.29 is 4.92 Å². The summed E-state index contributed by atoms with van der Waals surface area (Å²) in [6.07, 6.45) is 1.31. The molecule has 8 heteroatoms. The van der Waals surface area contributed by atoms with Gasteiger partial charge in [-0.15, -0.1) is 0 Å². The Morgan fingerprint density at radius 3 is 2.84 bits per heavy atom. The van der Waals surface area contributed by atoms with E-state index in [1.54, 1.807) is 18.2 Å². The van der Waals surface area contributed by atoms with Crippen molar-refractivity contribution in [1.82, 2.24) is 9.97 Å². The lowest BCUT2D eigenvalue weighted by atomic mass is 10.2. The first-order valence-electron chi connectivity index (χ1n) is 5.21. The summed E-state index contributed by atoms with van der Waals surface area (Å²) in [5.41, 5.74) is 0.625. The molecule has 1 aromatic carbocycles. The van der Waals surface area contributed by atoms with Crippen LogP contribution in [-0.4, -0.2) is 14.9 Å². The van der Waals surface area contributed by atoms with Crippen molar-refractivity contribution >= 4 is 39.0 Å². The molecule has 1 N–H and O–H groups in total. The average Bonchev–Trinajstić information content (AvgIpc) is 2.40. The summed E-state index contributed by atoms with van der Waals surface area (Å²) < 4.78 is 0.523. The quantitative estimate of drug-likeness (QED) is 0.522. The van der Waals surface area contributed by atoms with Crippen molar-refractivity contribution in [3.63, 3.8) is 0 Å². The van der Waals surface area contributed by atoms with E-state index in [0.29, 0.717) is 15.9 Å². The highest BCUT2D eigenvalue weighted by Gasteiger charge is 2.13. The van der Waals surface area contributed by atoms with Gasteiger partial charge in [0.2, 0.25) is 0 Å². The minimum absolute atomic E-state index is 0.0614. The minimum Gasteiger partial charge on any atom is -0.365 e. The summed E-state index contributed by atoms with van der Waals surface area (Å²) in [6, 6.07) is 6.51. The van der Waals surface area contributed by atoms with Gasteiger partial charge < -0.3 is 5.32 Å². The SMILES string of the molecule is O=[N+]([O-])c1ccccc1CNc1ncnc(Cl)c1Br. The maximum Gasteiger partial charge on any atom is 0.274 e. The zero-order valence-corrected chi connectivity index (χ0v) is 11.8. The first kappa shape index (κ1) is 13.7. The maximum absolute atomic E-state index is 10.9. The number of nitro groups is 1. The molecule has 0 aliphatic heterocycles. The van der Waals surface area contributed by atoms with Crippen LogP contribution in [0.3, 0.4) is 0 Å². The van der Waals surface area contributed by atoms with Crippen LogP contribution in [-0.2, 0) is 6.54 Å². The van der Waals surface area contributed by atoms with Gasteiger partial charge in [0.1, 0.15) is 17.3 Å². The second kappa shape index (κ2) is 5.94. The minimum atomic E-state index is -0.418. The molecule has 0 aliphatic rings. The first-order chi connectivity index (χ1) is 9.09. The van der Waals surface area contributed by atoms with Gasteiger partial charge in [-0.25, -0.2) is 9.97 Å². The van der Waals surface area contributed by atoms with Crippen LogP contribution in [0, 0.1) is 10.1 Å². The van der Waals surface area contributed by atoms with Crippen molar-refractivity contribution in [3.8, 4) is 0 Å². The van der Waals surface area contributed by atoms with Crippen LogP contribution in [0.15, 0.2) is 35.1 Å². The van der Waals surface area contributed by atoms with Gasteiger partial charge in [-0.2, -0.15) is 0 Å². The molecule has 0 radical (unpaired) electrons. The lowest BCUT2D eigenvalue weighted by Gasteiger charge is -2.08. The highest BCUT2D eigenvalue weighted by Crippen LogP contribution is 2.27. The zero-order valence-electron chi connectivity index (χ0n) is 9.51. The molecule has 6 nitrogen and oxygen atoms in total. The Morgan fingerprint density at radius 1 is 1.37 bits per heavy atom. The summed E-state index contributed by atoms with van der Waals surface area (Å²) in [5, 5.41) is 14.1. The zero-order chi connectivity index (χ0) is 13.8. The third kappa shape index (κ3) is 3.18. The van der Waals surface area contributed by atoms with Gasteiger partial charge in [0, 0.05) is 18.2 Å². The molecular weight excluding hydrogens is 336 g/mol. The van der Waals surface area contributed by atoms with Crippen molar-refractivity contribution in [2.45, 2.75) is 6.54 Å². The Morgan fingerprint density at radius 2 is 2.11 bits per heavy atom. The first-order valence-corrected chi connectivity index (χ1v) is 6.39. The molecule has 2 rings (SSSR count). The van der Waals surface area contributed by atoms with Gasteiger partial charge in [0.15, 0.2) is 0 Å². The van der Waals surface area contributed by atoms with Gasteiger partial charge in [-0.1, -0.05) is 29.8 Å². The Balaban J connectivity index is 2.19. The molecule has 1 aromatic heterocycles. The van der Waals surface area contributed by atoms with Crippen LogP contribution < -0.4 is 5.32 Å². The molecule has 0 bridgehead atoms. The van der Waals surface area contributed by atoms with Crippen molar-refractivity contribution in [1.29, 1.82) is 0 Å². The van der Waals surface area contributed by atoms with Crippen LogP contribution in [0.2, 0.25) is 5.15 Å². The Bertz CT molecular complexity index is 623. The van der Waals surface area contributed by atoms with E-state index in [1.165, 1.54) is 12.4 Å². The van der Waals surface area contributed by atoms with Crippen molar-refractivity contribution in [2.75, 3.05) is 5.32 Å². The van der Waals surface area contributed by atoms with Crippen LogP contribution in [0.1, 0.15) is 5.56 Å². The predicted molar refractivity (Wildman–Crippen MR) is 75.2 cm³/mol. The molecule has 0 unspecified atom stereocenters. The molecule has 0 spiro atoms. The van der Waals surface area contributed by atoms with Crippen LogP contribution in [0.25, 0.3) is 0 Å². The van der Waals surface area contributed by atoms with E-state index in [-0.39, 0.29) is 17.4 Å². The summed E-state index contributed by atoms with van der Waals surface area (Å²) >= 11 is 9.08. The van der Waals surface area contributed by atoms with Crippen LogP contribution in [0.5, 0.6) is 0 Å². The molecule has 98 valence electrons. The van der Waals surface area contributed by atoms with Crippen molar-refractivity contribution in [2.24, 2.45) is 0 Å². The van der Waals surface area contributed by atoms with Gasteiger partial charge in [0.25, 0.3) is 5.69 Å². The molecule has 0 atom stereocenters. The fourth-order valence-corrected chi connectivity index (χ4v) is 1.97. The van der Waals surface area contributed by atoms with Gasteiger partial charge in [-0.05, 0) is 15.9 Å². The summed E-state index contributed by atoms with van der Waals surface area (Å²) in [6.45, 7) is 0.267. The topological polar surface area (TPSA) is 81.0 Å². The van der Waals surface area contributed by atoms with E-state index in [4.69, 9.17) is 11.6 Å². The van der Waals surface area contributed by atoms with E-state index in [0.717, 1.165) is 0 Å². The number of benzene rings is 1. The van der Waals surface area contributed by atoms with E-state index >= 15 is 0 Å². The van der Waals surface area contributed by atoms with Crippen molar-refractivity contribution in [3.05, 3.63) is 55.9 Å². The second-order valence-electron chi connectivity index (χ2n) is 3.57. The summed E-state index contributed by atoms with van der Waals surface area (Å²) in [7, 11) is 0. The lowest BCUT2D eigenvalue weighted by Crippen LogP contribution is -2.05. The summed E-state index contributed by atoms with van der Waals surface area (Å²) in [5.74, 6) is 0.484. The number of nitro benzene ring substituents is 1. The average molecular weight is 344 g/mol. The molecule has 1 heterocycles. The highest BCUT2D eigenvalue weighted by molar-refractivity contribution is 9.10. The highest BCUT2D eigenvalue weighted by atomic mass is 79.9. The van der Waals surface area contributed by atoms with Crippen LogP contribution >= 0.6 is 27.5 Å². The fraction of sp³-hybridized carbons (Fsp3) is 0.0909. The van der Waals surface area contributed by atoms with Crippen LogP contribution in [0.4, 0.5) is 11.5 Å². The molecule has 0 amide bonds. The second-order valence-corrected chi connectivity index (χ2v) is 4.72. The predicted octanol–water partition coefficient (Wildman–Crippen LogP) is 3.41. The van der Waals surface area contributed by atoms with Gasteiger partial charge >= 0.3 is 0 Å². The number of nitrogens with zero attached hydrogens (tertiary/aromatic N) is 3. The van der Waals surface area contributed by atoms with Gasteiger partial charge in [-0.3, -0.25) is 10.1 Å². The third-order valence-corrected chi connectivity index (χ3v) is 3.65. The molecule has 2 aromatic rings.